The molecule has 16 heavy (non-hydrogen) atoms. The molecule has 0 aliphatic rings. The summed E-state index contributed by atoms with van der Waals surface area (Å²) < 4.78 is 0. The minimum absolute atomic E-state index is 1.07. The van der Waals surface area contributed by atoms with Crippen molar-refractivity contribution in [2.24, 2.45) is 0 Å². The van der Waals surface area contributed by atoms with E-state index in [1.807, 2.05) is 0 Å². The van der Waals surface area contributed by atoms with Crippen molar-refractivity contribution in [3.05, 3.63) is 0 Å². The maximum absolute atomic E-state index is 8.56. The summed E-state index contributed by atoms with van der Waals surface area (Å²) in [6.07, 6.45) is 0.855. The van der Waals surface area contributed by atoms with Gasteiger partial charge in [0.1, 0.15) is 0 Å². The molecule has 4 N–H and O–H groups in total. The zero-order valence-electron chi connectivity index (χ0n) is 9.43. The quantitative estimate of drug-likeness (QED) is 0.546. The first kappa shape index (κ1) is 19.6. The Bertz CT molecular complexity index is 195. The molecule has 0 atom stereocenters. The molecule has 0 aliphatic carbocycles. The standard InChI is InChI=1S/C8H14.2CH2O3/c1-3-5-7-8-6-4-2;2*2-1(3)4/h3-6H2,1-2H3;2*(H2,2,3,4). The predicted octanol–water partition coefficient (Wildman–Crippen LogP) is 3.03. The Balaban J connectivity index is -0.000000179. The fraction of sp³-hybridized carbons (Fsp3) is 0.600. The van der Waals surface area contributed by atoms with Gasteiger partial charge in [0, 0.05) is 12.8 Å². The Labute approximate surface area is 94.5 Å². The first-order valence-corrected chi connectivity index (χ1v) is 4.67. The highest BCUT2D eigenvalue weighted by molar-refractivity contribution is 5.53. The summed E-state index contributed by atoms with van der Waals surface area (Å²) in [6, 6.07) is 0. The molecule has 0 aliphatic heterocycles. The van der Waals surface area contributed by atoms with E-state index in [1.54, 1.807) is 0 Å². The highest BCUT2D eigenvalue weighted by Crippen LogP contribution is 1.85. The van der Waals surface area contributed by atoms with E-state index in [0.29, 0.717) is 0 Å². The van der Waals surface area contributed by atoms with Gasteiger partial charge in [0.25, 0.3) is 0 Å². The lowest BCUT2D eigenvalue weighted by molar-refractivity contribution is 0.135. The van der Waals surface area contributed by atoms with E-state index in [2.05, 4.69) is 25.7 Å². The van der Waals surface area contributed by atoms with Gasteiger partial charge in [-0.05, 0) is 12.8 Å². The van der Waals surface area contributed by atoms with Crippen molar-refractivity contribution >= 4 is 12.3 Å². The number of hydrogen-bond donors (Lipinski definition) is 4. The zero-order chi connectivity index (χ0) is 13.4. The van der Waals surface area contributed by atoms with Crippen LogP contribution in [-0.4, -0.2) is 32.7 Å². The second-order valence-electron chi connectivity index (χ2n) is 2.42. The molecule has 0 saturated heterocycles. The lowest BCUT2D eigenvalue weighted by Crippen LogP contribution is -1.81. The average Bonchev–Trinajstić information content (AvgIpc) is 2.11. The van der Waals surface area contributed by atoms with Gasteiger partial charge in [0.05, 0.1) is 0 Å². The van der Waals surface area contributed by atoms with Crippen LogP contribution in [0.25, 0.3) is 0 Å². The monoisotopic (exact) mass is 234 g/mol. The molecule has 6 heteroatoms. The van der Waals surface area contributed by atoms with Gasteiger partial charge in [-0.3, -0.25) is 0 Å². The van der Waals surface area contributed by atoms with E-state index < -0.39 is 12.3 Å². The third-order valence-corrected chi connectivity index (χ3v) is 0.875. The van der Waals surface area contributed by atoms with Crippen molar-refractivity contribution in [2.45, 2.75) is 39.5 Å². The van der Waals surface area contributed by atoms with Crippen LogP contribution in [0.15, 0.2) is 0 Å². The van der Waals surface area contributed by atoms with Crippen molar-refractivity contribution in [3.63, 3.8) is 0 Å². The summed E-state index contributed by atoms with van der Waals surface area (Å²) in [5.41, 5.74) is 0. The first-order chi connectivity index (χ1) is 7.38. The summed E-state index contributed by atoms with van der Waals surface area (Å²) >= 11 is 0. The minimum Gasteiger partial charge on any atom is -0.450 e. The molecule has 0 heterocycles. The van der Waals surface area contributed by atoms with Crippen molar-refractivity contribution < 1.29 is 30.0 Å². The van der Waals surface area contributed by atoms with Gasteiger partial charge in [-0.25, -0.2) is 9.59 Å². The van der Waals surface area contributed by atoms with Crippen LogP contribution < -0.4 is 0 Å². The molecule has 0 spiro atoms. The zero-order valence-corrected chi connectivity index (χ0v) is 9.43. The van der Waals surface area contributed by atoms with Crippen molar-refractivity contribution in [1.29, 1.82) is 0 Å². The molecule has 6 nitrogen and oxygen atoms in total. The van der Waals surface area contributed by atoms with Crippen molar-refractivity contribution in [3.8, 4) is 11.8 Å². The third kappa shape index (κ3) is 155. The van der Waals surface area contributed by atoms with E-state index in [1.165, 1.54) is 12.8 Å². The summed E-state index contributed by atoms with van der Waals surface area (Å²) in [7, 11) is 0. The molecule has 0 amide bonds. The topological polar surface area (TPSA) is 115 Å². The highest BCUT2D eigenvalue weighted by Gasteiger charge is 1.71. The smallest absolute Gasteiger partial charge is 0.450 e. The molecule has 0 fully saturated rings. The second-order valence-corrected chi connectivity index (χ2v) is 2.42. The predicted molar refractivity (Wildman–Crippen MR) is 58.9 cm³/mol. The van der Waals surface area contributed by atoms with Crippen LogP contribution in [0.5, 0.6) is 0 Å². The van der Waals surface area contributed by atoms with Crippen molar-refractivity contribution in [1.82, 2.24) is 0 Å². The number of hydrogen-bond acceptors (Lipinski definition) is 2. The maximum Gasteiger partial charge on any atom is 0.503 e. The SMILES string of the molecule is CCCC#CCCC.O=C(O)O.O=C(O)O. The summed E-state index contributed by atoms with van der Waals surface area (Å²) in [6.45, 7) is 4.31. The van der Waals surface area contributed by atoms with Gasteiger partial charge in [-0.2, -0.15) is 0 Å². The Morgan fingerprint density at radius 1 is 0.812 bits per heavy atom. The van der Waals surface area contributed by atoms with E-state index in [9.17, 15) is 0 Å². The maximum atomic E-state index is 8.56. The van der Waals surface area contributed by atoms with Crippen LogP contribution >= 0.6 is 0 Å². The number of carbonyl (C=O) groups is 2. The largest absolute Gasteiger partial charge is 0.503 e. The van der Waals surface area contributed by atoms with Gasteiger partial charge in [0.2, 0.25) is 0 Å². The van der Waals surface area contributed by atoms with Crippen LogP contribution in [0.4, 0.5) is 9.59 Å². The molecule has 0 aromatic carbocycles. The van der Waals surface area contributed by atoms with Gasteiger partial charge in [-0.1, -0.05) is 13.8 Å². The van der Waals surface area contributed by atoms with Gasteiger partial charge in [-0.15, -0.1) is 11.8 Å². The molecule has 0 aromatic rings. The number of carboxylic acid groups (broad SMARTS) is 4. The fourth-order valence-corrected chi connectivity index (χ4v) is 0.427. The number of rotatable bonds is 2. The van der Waals surface area contributed by atoms with Crippen LogP contribution in [0.1, 0.15) is 39.5 Å². The molecule has 0 unspecified atom stereocenters. The van der Waals surface area contributed by atoms with Crippen molar-refractivity contribution in [2.75, 3.05) is 0 Å². The average molecular weight is 234 g/mol. The van der Waals surface area contributed by atoms with Gasteiger partial charge < -0.3 is 20.4 Å². The molecule has 0 bridgehead atoms. The number of unbranched alkanes of at least 4 members (excludes halogenated alkanes) is 2. The Morgan fingerprint density at radius 2 is 1.00 bits per heavy atom. The van der Waals surface area contributed by atoms with E-state index >= 15 is 0 Å². The molecule has 0 saturated carbocycles. The van der Waals surface area contributed by atoms with Gasteiger partial charge in [0.15, 0.2) is 0 Å². The van der Waals surface area contributed by atoms with E-state index in [-0.39, 0.29) is 0 Å². The molecule has 0 rings (SSSR count). The normalized spacial score (nSPS) is 6.88. The lowest BCUT2D eigenvalue weighted by atomic mass is 10.3. The Morgan fingerprint density at radius 3 is 1.12 bits per heavy atom. The van der Waals surface area contributed by atoms with Crippen LogP contribution in [-0.2, 0) is 0 Å². The summed E-state index contributed by atoms with van der Waals surface area (Å²) in [5, 5.41) is 27.9. The lowest BCUT2D eigenvalue weighted by Gasteiger charge is -1.78. The second kappa shape index (κ2) is 18.8. The molecular weight excluding hydrogens is 216 g/mol. The molecule has 0 radical (unpaired) electrons. The highest BCUT2D eigenvalue weighted by atomic mass is 16.6. The summed E-state index contributed by atoms with van der Waals surface area (Å²) in [5.74, 6) is 6.17. The molecule has 0 aromatic heterocycles. The molecule has 94 valence electrons. The van der Waals surface area contributed by atoms with Crippen LogP contribution in [0.3, 0.4) is 0 Å². The minimum atomic E-state index is -1.83. The Kier molecular flexibility index (Phi) is 23.1. The van der Waals surface area contributed by atoms with E-state index in [4.69, 9.17) is 30.0 Å². The van der Waals surface area contributed by atoms with Crippen LogP contribution in [0, 0.1) is 11.8 Å². The third-order valence-electron chi connectivity index (χ3n) is 0.875. The van der Waals surface area contributed by atoms with Gasteiger partial charge >= 0.3 is 12.3 Å². The van der Waals surface area contributed by atoms with Crippen LogP contribution in [0.2, 0.25) is 0 Å². The summed E-state index contributed by atoms with van der Waals surface area (Å²) in [4.78, 5) is 17.1. The van der Waals surface area contributed by atoms with E-state index in [0.717, 1.165) is 12.8 Å². The molecular formula is C10H18O6. The Hall–Kier alpha value is -1.90. The first-order valence-electron chi connectivity index (χ1n) is 4.67. The fourth-order valence-electron chi connectivity index (χ4n) is 0.427.